The van der Waals surface area contributed by atoms with Gasteiger partial charge in [0, 0.05) is 12.6 Å². The molecule has 0 spiro atoms. The van der Waals surface area contributed by atoms with E-state index in [4.69, 9.17) is 5.73 Å². The summed E-state index contributed by atoms with van der Waals surface area (Å²) in [4.78, 5) is 12.1. The standard InChI is InChI=1S/C14H21F3N4O.ClH/c15-14(16,17)10-21-8-11(7-19-21)20-12(22)6-13(9-18)4-2-1-3-5-13;/h7-8H,1-6,9-10,18H2,(H,20,22);1H. The van der Waals surface area contributed by atoms with Crippen molar-refractivity contribution in [3.05, 3.63) is 12.4 Å². The number of carbonyl (C=O) groups excluding carboxylic acids is 1. The van der Waals surface area contributed by atoms with Crippen LogP contribution in [0.15, 0.2) is 12.4 Å². The maximum absolute atomic E-state index is 12.3. The minimum atomic E-state index is -4.33. The van der Waals surface area contributed by atoms with Crippen molar-refractivity contribution in [1.29, 1.82) is 0 Å². The first-order valence-electron chi connectivity index (χ1n) is 7.41. The van der Waals surface area contributed by atoms with E-state index in [0.29, 0.717) is 13.0 Å². The number of amides is 1. The SMILES string of the molecule is Cl.NCC1(CC(=O)Nc2cnn(CC(F)(F)F)c2)CCCCC1. The monoisotopic (exact) mass is 354 g/mol. The third kappa shape index (κ3) is 6.02. The van der Waals surface area contributed by atoms with E-state index in [-0.39, 0.29) is 29.4 Å². The molecule has 0 bridgehead atoms. The van der Waals surface area contributed by atoms with Crippen LogP contribution >= 0.6 is 12.4 Å². The lowest BCUT2D eigenvalue weighted by molar-refractivity contribution is -0.142. The van der Waals surface area contributed by atoms with Crippen LogP contribution in [0.4, 0.5) is 18.9 Å². The van der Waals surface area contributed by atoms with Crippen molar-refractivity contribution >= 4 is 24.0 Å². The van der Waals surface area contributed by atoms with Crippen molar-refractivity contribution in [1.82, 2.24) is 9.78 Å². The topological polar surface area (TPSA) is 72.9 Å². The third-order valence-corrected chi connectivity index (χ3v) is 4.14. The molecule has 5 nitrogen and oxygen atoms in total. The number of carbonyl (C=O) groups is 1. The molecule has 1 fully saturated rings. The molecular formula is C14H22ClF3N4O. The van der Waals surface area contributed by atoms with E-state index in [1.807, 2.05) is 0 Å². The Balaban J connectivity index is 0.00000264. The molecule has 0 saturated heterocycles. The number of halogens is 4. The van der Waals surface area contributed by atoms with Gasteiger partial charge in [-0.05, 0) is 24.8 Å². The molecule has 1 aliphatic rings. The zero-order valence-corrected chi connectivity index (χ0v) is 13.6. The van der Waals surface area contributed by atoms with Crippen LogP contribution in [0, 0.1) is 5.41 Å². The largest absolute Gasteiger partial charge is 0.408 e. The molecule has 2 rings (SSSR count). The van der Waals surface area contributed by atoms with Crippen LogP contribution in [0.2, 0.25) is 0 Å². The van der Waals surface area contributed by atoms with Gasteiger partial charge in [-0.25, -0.2) is 0 Å². The van der Waals surface area contributed by atoms with Crippen LogP contribution in [0.1, 0.15) is 38.5 Å². The molecule has 1 amide bonds. The van der Waals surface area contributed by atoms with Crippen LogP contribution in [-0.4, -0.2) is 28.4 Å². The molecule has 0 aliphatic heterocycles. The lowest BCUT2D eigenvalue weighted by Gasteiger charge is -2.35. The quantitative estimate of drug-likeness (QED) is 0.853. The Morgan fingerprint density at radius 1 is 1.35 bits per heavy atom. The van der Waals surface area contributed by atoms with Gasteiger partial charge < -0.3 is 11.1 Å². The van der Waals surface area contributed by atoms with E-state index in [0.717, 1.165) is 36.8 Å². The zero-order chi connectivity index (χ0) is 16.2. The highest BCUT2D eigenvalue weighted by Crippen LogP contribution is 2.38. The summed E-state index contributed by atoms with van der Waals surface area (Å²) in [5.74, 6) is -0.223. The fourth-order valence-corrected chi connectivity index (χ4v) is 3.00. The second kappa shape index (κ2) is 8.01. The van der Waals surface area contributed by atoms with Crippen LogP contribution in [0.25, 0.3) is 0 Å². The number of nitrogens with one attached hydrogen (secondary N) is 1. The molecule has 9 heteroatoms. The Labute approximate surface area is 139 Å². The minimum Gasteiger partial charge on any atom is -0.330 e. The maximum atomic E-state index is 12.3. The van der Waals surface area contributed by atoms with Crippen molar-refractivity contribution in [2.24, 2.45) is 11.1 Å². The van der Waals surface area contributed by atoms with Crippen molar-refractivity contribution in [2.45, 2.75) is 51.2 Å². The highest BCUT2D eigenvalue weighted by Gasteiger charge is 2.33. The van der Waals surface area contributed by atoms with Crippen LogP contribution in [0.3, 0.4) is 0 Å². The molecular weight excluding hydrogens is 333 g/mol. The first-order chi connectivity index (χ1) is 10.3. The average molecular weight is 355 g/mol. The first-order valence-corrected chi connectivity index (χ1v) is 7.41. The third-order valence-electron chi connectivity index (χ3n) is 4.14. The molecule has 0 aromatic carbocycles. The number of rotatable bonds is 5. The molecule has 1 aromatic rings. The summed E-state index contributed by atoms with van der Waals surface area (Å²) in [5.41, 5.74) is 5.93. The summed E-state index contributed by atoms with van der Waals surface area (Å²) < 4.78 is 37.5. The number of hydrogen-bond acceptors (Lipinski definition) is 3. The number of nitrogens with two attached hydrogens (primary N) is 1. The van der Waals surface area contributed by atoms with E-state index in [1.54, 1.807) is 0 Å². The van der Waals surface area contributed by atoms with E-state index in [2.05, 4.69) is 10.4 Å². The summed E-state index contributed by atoms with van der Waals surface area (Å²) in [6, 6.07) is 0. The molecule has 3 N–H and O–H groups in total. The van der Waals surface area contributed by atoms with Gasteiger partial charge in [0.05, 0.1) is 11.9 Å². The van der Waals surface area contributed by atoms with Gasteiger partial charge in [-0.2, -0.15) is 18.3 Å². The molecule has 23 heavy (non-hydrogen) atoms. The highest BCUT2D eigenvalue weighted by atomic mass is 35.5. The fourth-order valence-electron chi connectivity index (χ4n) is 3.00. The summed E-state index contributed by atoms with van der Waals surface area (Å²) in [5, 5.41) is 6.21. The minimum absolute atomic E-state index is 0. The van der Waals surface area contributed by atoms with Gasteiger partial charge in [0.1, 0.15) is 6.54 Å². The molecule has 1 heterocycles. The molecule has 0 radical (unpaired) electrons. The van der Waals surface area contributed by atoms with Crippen molar-refractivity contribution in [2.75, 3.05) is 11.9 Å². The van der Waals surface area contributed by atoms with Crippen molar-refractivity contribution in [3.8, 4) is 0 Å². The Kier molecular flexibility index (Phi) is 6.88. The summed E-state index contributed by atoms with van der Waals surface area (Å²) in [6.45, 7) is -0.719. The molecule has 0 unspecified atom stereocenters. The van der Waals surface area contributed by atoms with E-state index in [9.17, 15) is 18.0 Å². The maximum Gasteiger partial charge on any atom is 0.408 e. The van der Waals surface area contributed by atoms with Gasteiger partial charge in [-0.3, -0.25) is 9.48 Å². The van der Waals surface area contributed by atoms with E-state index < -0.39 is 12.7 Å². The van der Waals surface area contributed by atoms with Crippen LogP contribution < -0.4 is 11.1 Å². The lowest BCUT2D eigenvalue weighted by atomic mass is 9.71. The van der Waals surface area contributed by atoms with Gasteiger partial charge in [-0.1, -0.05) is 19.3 Å². The van der Waals surface area contributed by atoms with E-state index >= 15 is 0 Å². The normalized spacial score (nSPS) is 17.4. The summed E-state index contributed by atoms with van der Waals surface area (Å²) in [6.07, 6.45) is 3.50. The Bertz CT molecular complexity index is 512. The van der Waals surface area contributed by atoms with Gasteiger partial charge in [0.25, 0.3) is 0 Å². The number of anilines is 1. The highest BCUT2D eigenvalue weighted by molar-refractivity contribution is 5.90. The van der Waals surface area contributed by atoms with Gasteiger partial charge in [-0.15, -0.1) is 12.4 Å². The molecule has 1 aromatic heterocycles. The second-order valence-electron chi connectivity index (χ2n) is 6.03. The number of hydrogen-bond donors (Lipinski definition) is 2. The van der Waals surface area contributed by atoms with Gasteiger partial charge >= 0.3 is 6.18 Å². The Hall–Kier alpha value is -1.28. The van der Waals surface area contributed by atoms with Gasteiger partial charge in [0.2, 0.25) is 5.91 Å². The number of aromatic nitrogens is 2. The van der Waals surface area contributed by atoms with Crippen molar-refractivity contribution in [3.63, 3.8) is 0 Å². The number of nitrogens with zero attached hydrogens (tertiary/aromatic N) is 2. The van der Waals surface area contributed by atoms with Crippen molar-refractivity contribution < 1.29 is 18.0 Å². The molecule has 132 valence electrons. The lowest BCUT2D eigenvalue weighted by Crippen LogP contribution is -2.36. The Morgan fingerprint density at radius 3 is 2.57 bits per heavy atom. The smallest absolute Gasteiger partial charge is 0.330 e. The summed E-state index contributed by atoms with van der Waals surface area (Å²) >= 11 is 0. The Morgan fingerprint density at radius 2 is 2.00 bits per heavy atom. The number of alkyl halides is 3. The average Bonchev–Trinajstić information content (AvgIpc) is 2.84. The molecule has 0 atom stereocenters. The zero-order valence-electron chi connectivity index (χ0n) is 12.7. The summed E-state index contributed by atoms with van der Waals surface area (Å²) in [7, 11) is 0. The molecule has 1 aliphatic carbocycles. The second-order valence-corrected chi connectivity index (χ2v) is 6.03. The predicted molar refractivity (Wildman–Crippen MR) is 83.3 cm³/mol. The first kappa shape index (κ1) is 19.8. The van der Waals surface area contributed by atoms with Crippen LogP contribution in [-0.2, 0) is 11.3 Å². The van der Waals surface area contributed by atoms with E-state index in [1.165, 1.54) is 12.4 Å². The fraction of sp³-hybridized carbons (Fsp3) is 0.714. The molecule has 1 saturated carbocycles. The van der Waals surface area contributed by atoms with Crippen LogP contribution in [0.5, 0.6) is 0 Å². The van der Waals surface area contributed by atoms with Gasteiger partial charge in [0.15, 0.2) is 0 Å². The predicted octanol–water partition coefficient (Wildman–Crippen LogP) is 3.11.